The molecule has 6 nitrogen and oxygen atoms in total. The smallest absolute Gasteiger partial charge is 0.268 e. The molecule has 0 radical (unpaired) electrons. The van der Waals surface area contributed by atoms with Gasteiger partial charge in [0.25, 0.3) is 15.9 Å². The first-order valence-corrected chi connectivity index (χ1v) is 13.1. The predicted molar refractivity (Wildman–Crippen MR) is 127 cm³/mol. The second-order valence-electron chi connectivity index (χ2n) is 9.72. The number of hydrogen-bond donors (Lipinski definition) is 1. The van der Waals surface area contributed by atoms with Gasteiger partial charge >= 0.3 is 0 Å². The third-order valence-corrected chi connectivity index (χ3v) is 9.36. The number of hydrogen-bond acceptors (Lipinski definition) is 6. The number of nitrogens with zero attached hydrogens (tertiary/aromatic N) is 2. The van der Waals surface area contributed by atoms with E-state index in [9.17, 15) is 18.3 Å². The first kappa shape index (κ1) is 23.2. The molecule has 1 fully saturated rings. The SMILES string of the molecule is CC(C)(C)N1C(=O)C=C(c2ccc(CN3CCC(O)(Cc4ccccc4)CC3)s2)S1(=O)=O. The minimum Gasteiger partial charge on any atom is -0.389 e. The van der Waals surface area contributed by atoms with Crippen LogP contribution in [-0.4, -0.2) is 52.9 Å². The number of carbonyl (C=O) groups excluding carboxylic acids is 1. The van der Waals surface area contributed by atoms with Gasteiger partial charge in [-0.25, -0.2) is 12.7 Å². The van der Waals surface area contributed by atoms with Crippen molar-refractivity contribution >= 4 is 32.2 Å². The molecular formula is C24H30N2O4S2. The van der Waals surface area contributed by atoms with Gasteiger partial charge < -0.3 is 5.11 Å². The number of piperidine rings is 1. The number of benzene rings is 1. The summed E-state index contributed by atoms with van der Waals surface area (Å²) in [6, 6.07) is 13.8. The van der Waals surface area contributed by atoms with E-state index in [1.165, 1.54) is 17.4 Å². The Labute approximate surface area is 194 Å². The maximum atomic E-state index is 13.0. The second kappa shape index (κ2) is 8.41. The summed E-state index contributed by atoms with van der Waals surface area (Å²) in [5.41, 5.74) is -0.340. The summed E-state index contributed by atoms with van der Waals surface area (Å²) in [5, 5.41) is 11.0. The highest BCUT2D eigenvalue weighted by Gasteiger charge is 2.44. The normalized spacial score (nSPS) is 21.1. The van der Waals surface area contributed by atoms with E-state index in [0.29, 0.717) is 30.7 Å². The minimum absolute atomic E-state index is 0.0876. The zero-order valence-corrected chi connectivity index (χ0v) is 20.4. The Morgan fingerprint density at radius 2 is 1.72 bits per heavy atom. The molecule has 4 rings (SSSR count). The highest BCUT2D eigenvalue weighted by molar-refractivity contribution is 7.99. The topological polar surface area (TPSA) is 77.9 Å². The van der Waals surface area contributed by atoms with Gasteiger partial charge in [-0.3, -0.25) is 9.69 Å². The van der Waals surface area contributed by atoms with Gasteiger partial charge in [0.1, 0.15) is 4.91 Å². The van der Waals surface area contributed by atoms with E-state index in [1.807, 2.05) is 24.3 Å². The standard InChI is InChI=1S/C24H30N2O4S2/c1-23(2,3)26-22(27)15-21(32(26,29)30)20-10-9-19(31-20)17-25-13-11-24(28,12-14-25)16-18-7-5-4-6-8-18/h4-10,15,28H,11-14,16-17H2,1-3H3. The monoisotopic (exact) mass is 474 g/mol. The maximum Gasteiger partial charge on any atom is 0.268 e. The van der Waals surface area contributed by atoms with Crippen LogP contribution in [-0.2, 0) is 27.8 Å². The number of likely N-dealkylation sites (tertiary alicyclic amines) is 1. The molecule has 3 heterocycles. The zero-order chi connectivity index (χ0) is 23.1. The molecule has 1 aromatic heterocycles. The fraction of sp³-hybridized carbons (Fsp3) is 0.458. The lowest BCUT2D eigenvalue weighted by molar-refractivity contribution is -0.123. The molecule has 2 aliphatic heterocycles. The molecular weight excluding hydrogens is 444 g/mol. The number of amides is 1. The van der Waals surface area contributed by atoms with Crippen LogP contribution in [0.5, 0.6) is 0 Å². The van der Waals surface area contributed by atoms with E-state index in [-0.39, 0.29) is 4.91 Å². The Morgan fingerprint density at radius 3 is 2.31 bits per heavy atom. The third-order valence-electron chi connectivity index (χ3n) is 6.03. The van der Waals surface area contributed by atoms with Crippen molar-refractivity contribution in [3.8, 4) is 0 Å². The maximum absolute atomic E-state index is 13.0. The number of carbonyl (C=O) groups is 1. The Balaban J connectivity index is 1.40. The van der Waals surface area contributed by atoms with E-state index in [2.05, 4.69) is 17.0 Å². The van der Waals surface area contributed by atoms with Crippen molar-refractivity contribution in [1.29, 1.82) is 0 Å². The van der Waals surface area contributed by atoms with Crippen LogP contribution >= 0.6 is 11.3 Å². The van der Waals surface area contributed by atoms with E-state index < -0.39 is 27.1 Å². The molecule has 0 atom stereocenters. The van der Waals surface area contributed by atoms with Gasteiger partial charge in [0.05, 0.1) is 11.1 Å². The van der Waals surface area contributed by atoms with Gasteiger partial charge in [0, 0.05) is 41.9 Å². The number of thiophene rings is 1. The van der Waals surface area contributed by atoms with Crippen LogP contribution in [0.3, 0.4) is 0 Å². The van der Waals surface area contributed by atoms with Gasteiger partial charge in [-0.15, -0.1) is 11.3 Å². The van der Waals surface area contributed by atoms with Crippen LogP contribution in [0.1, 0.15) is 48.9 Å². The van der Waals surface area contributed by atoms with Crippen molar-refractivity contribution in [3.05, 3.63) is 63.9 Å². The van der Waals surface area contributed by atoms with Crippen LogP contribution in [0, 0.1) is 0 Å². The molecule has 2 aliphatic rings. The lowest BCUT2D eigenvalue weighted by Gasteiger charge is -2.38. The van der Waals surface area contributed by atoms with Crippen molar-refractivity contribution in [2.75, 3.05) is 13.1 Å². The van der Waals surface area contributed by atoms with E-state index >= 15 is 0 Å². The quantitative estimate of drug-likeness (QED) is 0.716. The summed E-state index contributed by atoms with van der Waals surface area (Å²) in [7, 11) is -3.84. The zero-order valence-electron chi connectivity index (χ0n) is 18.7. The fourth-order valence-corrected chi connectivity index (χ4v) is 7.63. The molecule has 1 aromatic carbocycles. The van der Waals surface area contributed by atoms with E-state index in [1.54, 1.807) is 26.8 Å². The molecule has 1 amide bonds. The summed E-state index contributed by atoms with van der Waals surface area (Å²) in [6.07, 6.45) is 3.30. The fourth-order valence-electron chi connectivity index (χ4n) is 4.45. The van der Waals surface area contributed by atoms with Crippen molar-refractivity contribution < 1.29 is 18.3 Å². The molecule has 0 unspecified atom stereocenters. The summed E-state index contributed by atoms with van der Waals surface area (Å²) in [6.45, 7) is 7.43. The highest BCUT2D eigenvalue weighted by atomic mass is 32.2. The Bertz CT molecular complexity index is 1120. The van der Waals surface area contributed by atoms with Crippen molar-refractivity contribution in [2.24, 2.45) is 0 Å². The predicted octanol–water partition coefficient (Wildman–Crippen LogP) is 3.63. The lowest BCUT2D eigenvalue weighted by Crippen LogP contribution is -2.45. The van der Waals surface area contributed by atoms with Crippen molar-refractivity contribution in [3.63, 3.8) is 0 Å². The third kappa shape index (κ3) is 4.69. The minimum atomic E-state index is -3.84. The largest absolute Gasteiger partial charge is 0.389 e. The molecule has 8 heteroatoms. The van der Waals surface area contributed by atoms with Crippen LogP contribution in [0.15, 0.2) is 48.5 Å². The summed E-state index contributed by atoms with van der Waals surface area (Å²) < 4.78 is 26.9. The lowest BCUT2D eigenvalue weighted by atomic mass is 9.85. The van der Waals surface area contributed by atoms with Crippen molar-refractivity contribution in [2.45, 2.75) is 57.7 Å². The molecule has 172 valence electrons. The molecule has 0 saturated carbocycles. The molecule has 0 bridgehead atoms. The second-order valence-corrected chi connectivity index (χ2v) is 12.6. The van der Waals surface area contributed by atoms with Gasteiger partial charge in [-0.1, -0.05) is 30.3 Å². The highest BCUT2D eigenvalue weighted by Crippen LogP contribution is 2.38. The summed E-state index contributed by atoms with van der Waals surface area (Å²) in [4.78, 5) is 16.4. The number of sulfonamides is 1. The van der Waals surface area contributed by atoms with E-state index in [0.717, 1.165) is 27.8 Å². The Morgan fingerprint density at radius 1 is 1.06 bits per heavy atom. The van der Waals surface area contributed by atoms with Crippen LogP contribution in [0.4, 0.5) is 0 Å². The average Bonchev–Trinajstić information content (AvgIpc) is 3.24. The van der Waals surface area contributed by atoms with Crippen LogP contribution in [0.25, 0.3) is 4.91 Å². The molecule has 1 saturated heterocycles. The van der Waals surface area contributed by atoms with Gasteiger partial charge in [-0.2, -0.15) is 0 Å². The van der Waals surface area contributed by atoms with Crippen LogP contribution in [0.2, 0.25) is 0 Å². The van der Waals surface area contributed by atoms with Crippen LogP contribution < -0.4 is 0 Å². The van der Waals surface area contributed by atoms with Gasteiger partial charge in [0.2, 0.25) is 0 Å². The van der Waals surface area contributed by atoms with E-state index in [4.69, 9.17) is 0 Å². The molecule has 1 N–H and O–H groups in total. The first-order chi connectivity index (χ1) is 15.0. The summed E-state index contributed by atoms with van der Waals surface area (Å²) >= 11 is 1.41. The van der Waals surface area contributed by atoms with Crippen molar-refractivity contribution in [1.82, 2.24) is 9.21 Å². The number of aliphatic hydroxyl groups is 1. The Hall–Kier alpha value is -2.00. The first-order valence-electron chi connectivity index (χ1n) is 10.9. The summed E-state index contributed by atoms with van der Waals surface area (Å²) in [5.74, 6) is -0.490. The molecule has 0 spiro atoms. The molecule has 0 aliphatic carbocycles. The van der Waals surface area contributed by atoms with Gasteiger partial charge in [0.15, 0.2) is 0 Å². The van der Waals surface area contributed by atoms with Gasteiger partial charge in [-0.05, 0) is 51.3 Å². The number of rotatable bonds is 5. The average molecular weight is 475 g/mol. The molecule has 32 heavy (non-hydrogen) atoms. The molecule has 2 aromatic rings. The Kier molecular flexibility index (Phi) is 6.09.